The van der Waals surface area contributed by atoms with Gasteiger partial charge in [0.2, 0.25) is 10.0 Å². The van der Waals surface area contributed by atoms with E-state index in [1.54, 1.807) is 19.2 Å². The van der Waals surface area contributed by atoms with E-state index < -0.39 is 10.0 Å². The highest BCUT2D eigenvalue weighted by Gasteiger charge is 2.28. The number of nitrogens with zero attached hydrogens (tertiary/aromatic N) is 1. The molecule has 0 amide bonds. The van der Waals surface area contributed by atoms with E-state index in [0.717, 1.165) is 23.7 Å². The molecule has 0 unspecified atom stereocenters. The van der Waals surface area contributed by atoms with E-state index in [2.05, 4.69) is 15.9 Å². The molecule has 94 valence electrons. The van der Waals surface area contributed by atoms with Gasteiger partial charge in [0.25, 0.3) is 0 Å². The third-order valence-corrected chi connectivity index (χ3v) is 5.48. The van der Waals surface area contributed by atoms with Crippen LogP contribution in [0.5, 0.6) is 0 Å². The summed E-state index contributed by atoms with van der Waals surface area (Å²) in [4.78, 5) is 0.380. The first kappa shape index (κ1) is 13.1. The predicted octanol–water partition coefficient (Wildman–Crippen LogP) is 2.61. The van der Waals surface area contributed by atoms with E-state index in [1.165, 1.54) is 4.31 Å². The van der Waals surface area contributed by atoms with Gasteiger partial charge in [-0.25, -0.2) is 12.7 Å². The van der Waals surface area contributed by atoms with Crippen molar-refractivity contribution in [1.82, 2.24) is 4.31 Å². The number of rotatable bonds is 5. The van der Waals surface area contributed by atoms with Crippen LogP contribution in [0.1, 0.15) is 18.4 Å². The summed E-state index contributed by atoms with van der Waals surface area (Å²) in [5, 5.41) is 0.741. The van der Waals surface area contributed by atoms with Crippen LogP contribution in [0.3, 0.4) is 0 Å². The lowest BCUT2D eigenvalue weighted by Gasteiger charge is -2.16. The van der Waals surface area contributed by atoms with Gasteiger partial charge in [-0.1, -0.05) is 28.1 Å². The standard InChI is InChI=1S/C12H16BrNO2S/c1-14(9-11-2-3-11)17(15,16)12-6-4-10(8-13)5-7-12/h4-7,11H,2-3,8-9H2,1H3. The Labute approximate surface area is 111 Å². The van der Waals surface area contributed by atoms with Crippen molar-refractivity contribution < 1.29 is 8.42 Å². The number of alkyl halides is 1. The third kappa shape index (κ3) is 3.09. The molecule has 3 nitrogen and oxygen atoms in total. The Balaban J connectivity index is 2.17. The van der Waals surface area contributed by atoms with Gasteiger partial charge in [-0.3, -0.25) is 0 Å². The van der Waals surface area contributed by atoms with Gasteiger partial charge in [-0.05, 0) is 36.5 Å². The minimum atomic E-state index is -3.30. The Morgan fingerprint density at radius 1 is 1.29 bits per heavy atom. The maximum absolute atomic E-state index is 12.2. The molecule has 5 heteroatoms. The van der Waals surface area contributed by atoms with E-state index >= 15 is 0 Å². The Morgan fingerprint density at radius 2 is 1.88 bits per heavy atom. The van der Waals surface area contributed by atoms with Gasteiger partial charge in [-0.15, -0.1) is 0 Å². The van der Waals surface area contributed by atoms with Gasteiger partial charge in [0.1, 0.15) is 0 Å². The minimum Gasteiger partial charge on any atom is -0.207 e. The number of sulfonamides is 1. The number of hydrogen-bond acceptors (Lipinski definition) is 2. The lowest BCUT2D eigenvalue weighted by Crippen LogP contribution is -2.28. The fraction of sp³-hybridized carbons (Fsp3) is 0.500. The third-order valence-electron chi connectivity index (χ3n) is 3.00. The second kappa shape index (κ2) is 5.08. The van der Waals surface area contributed by atoms with E-state index in [0.29, 0.717) is 17.4 Å². The minimum absolute atomic E-state index is 0.380. The van der Waals surface area contributed by atoms with Crippen molar-refractivity contribution in [2.45, 2.75) is 23.1 Å². The van der Waals surface area contributed by atoms with Crippen LogP contribution in [0.15, 0.2) is 29.2 Å². The molecule has 1 aliphatic carbocycles. The molecule has 0 N–H and O–H groups in total. The summed E-state index contributed by atoms with van der Waals surface area (Å²) in [6, 6.07) is 7.03. The van der Waals surface area contributed by atoms with Crippen molar-refractivity contribution in [2.75, 3.05) is 13.6 Å². The van der Waals surface area contributed by atoms with Crippen LogP contribution in [-0.4, -0.2) is 26.3 Å². The molecule has 1 fully saturated rings. The molecular weight excluding hydrogens is 302 g/mol. The monoisotopic (exact) mass is 317 g/mol. The Hall–Kier alpha value is -0.390. The van der Waals surface area contributed by atoms with Gasteiger partial charge in [0.15, 0.2) is 0 Å². The highest BCUT2D eigenvalue weighted by atomic mass is 79.9. The van der Waals surface area contributed by atoms with Crippen molar-refractivity contribution in [3.8, 4) is 0 Å². The molecule has 1 aromatic carbocycles. The molecule has 0 bridgehead atoms. The predicted molar refractivity (Wildman–Crippen MR) is 71.6 cm³/mol. The molecule has 0 radical (unpaired) electrons. The number of benzene rings is 1. The zero-order chi connectivity index (χ0) is 12.5. The average Bonchev–Trinajstić information content (AvgIpc) is 3.13. The number of hydrogen-bond donors (Lipinski definition) is 0. The van der Waals surface area contributed by atoms with E-state index in [4.69, 9.17) is 0 Å². The van der Waals surface area contributed by atoms with E-state index in [-0.39, 0.29) is 0 Å². The first-order valence-electron chi connectivity index (χ1n) is 5.65. The van der Waals surface area contributed by atoms with Gasteiger partial charge >= 0.3 is 0 Å². The molecule has 0 atom stereocenters. The summed E-state index contributed by atoms with van der Waals surface area (Å²) in [6.45, 7) is 0.641. The SMILES string of the molecule is CN(CC1CC1)S(=O)(=O)c1ccc(CBr)cc1. The van der Waals surface area contributed by atoms with Gasteiger partial charge in [0, 0.05) is 18.9 Å². The molecule has 0 aromatic heterocycles. The van der Waals surface area contributed by atoms with E-state index in [9.17, 15) is 8.42 Å². The molecule has 0 spiro atoms. The fourth-order valence-corrected chi connectivity index (χ4v) is 3.31. The molecule has 1 aromatic rings. The van der Waals surface area contributed by atoms with Gasteiger partial charge in [0.05, 0.1) is 4.90 Å². The van der Waals surface area contributed by atoms with Crippen molar-refractivity contribution in [3.05, 3.63) is 29.8 Å². The highest BCUT2D eigenvalue weighted by Crippen LogP contribution is 2.31. The number of halogens is 1. The molecule has 0 heterocycles. The van der Waals surface area contributed by atoms with Crippen LogP contribution in [0.25, 0.3) is 0 Å². The van der Waals surface area contributed by atoms with Gasteiger partial charge in [-0.2, -0.15) is 0 Å². The van der Waals surface area contributed by atoms with Crippen molar-refractivity contribution in [3.63, 3.8) is 0 Å². The lowest BCUT2D eigenvalue weighted by molar-refractivity contribution is 0.453. The zero-order valence-electron chi connectivity index (χ0n) is 9.77. The average molecular weight is 318 g/mol. The van der Waals surface area contributed by atoms with Crippen molar-refractivity contribution in [1.29, 1.82) is 0 Å². The maximum Gasteiger partial charge on any atom is 0.242 e. The molecule has 0 saturated heterocycles. The van der Waals surface area contributed by atoms with Crippen LogP contribution in [0.4, 0.5) is 0 Å². The summed E-state index contributed by atoms with van der Waals surface area (Å²) in [5.74, 6) is 0.566. The fourth-order valence-electron chi connectivity index (χ4n) is 1.69. The van der Waals surface area contributed by atoms with Crippen LogP contribution in [0, 0.1) is 5.92 Å². The van der Waals surface area contributed by atoms with Gasteiger partial charge < -0.3 is 0 Å². The summed E-state index contributed by atoms with van der Waals surface area (Å²) in [5.41, 5.74) is 1.08. The molecule has 0 aliphatic heterocycles. The van der Waals surface area contributed by atoms with Crippen LogP contribution in [0.2, 0.25) is 0 Å². The molecule has 17 heavy (non-hydrogen) atoms. The Kier molecular flexibility index (Phi) is 3.90. The summed E-state index contributed by atoms with van der Waals surface area (Å²) >= 11 is 3.34. The second-order valence-electron chi connectivity index (χ2n) is 4.51. The zero-order valence-corrected chi connectivity index (χ0v) is 12.2. The summed E-state index contributed by atoms with van der Waals surface area (Å²) in [7, 11) is -1.64. The topological polar surface area (TPSA) is 37.4 Å². The smallest absolute Gasteiger partial charge is 0.207 e. The lowest BCUT2D eigenvalue weighted by atomic mass is 10.2. The van der Waals surface area contributed by atoms with Crippen LogP contribution in [-0.2, 0) is 15.4 Å². The second-order valence-corrected chi connectivity index (χ2v) is 7.11. The Morgan fingerprint density at radius 3 is 2.35 bits per heavy atom. The van der Waals surface area contributed by atoms with Crippen molar-refractivity contribution >= 4 is 26.0 Å². The largest absolute Gasteiger partial charge is 0.242 e. The molecule has 2 rings (SSSR count). The maximum atomic E-state index is 12.2. The van der Waals surface area contributed by atoms with E-state index in [1.807, 2.05) is 12.1 Å². The van der Waals surface area contributed by atoms with Crippen molar-refractivity contribution in [2.24, 2.45) is 5.92 Å². The molecule has 1 saturated carbocycles. The first-order valence-corrected chi connectivity index (χ1v) is 8.21. The Bertz CT molecular complexity index is 480. The quantitative estimate of drug-likeness (QED) is 0.783. The normalized spacial score (nSPS) is 16.4. The molecular formula is C12H16BrNO2S. The highest BCUT2D eigenvalue weighted by molar-refractivity contribution is 9.08. The molecule has 1 aliphatic rings. The van der Waals surface area contributed by atoms with Crippen LogP contribution < -0.4 is 0 Å². The summed E-state index contributed by atoms with van der Waals surface area (Å²) in [6.07, 6.45) is 2.31. The first-order chi connectivity index (χ1) is 8.04. The summed E-state index contributed by atoms with van der Waals surface area (Å²) < 4.78 is 25.9. The van der Waals surface area contributed by atoms with Crippen LogP contribution >= 0.6 is 15.9 Å².